The van der Waals surface area contributed by atoms with E-state index in [2.05, 4.69) is 20.6 Å². The molecule has 0 aliphatic rings. The summed E-state index contributed by atoms with van der Waals surface area (Å²) in [4.78, 5) is 15.5. The van der Waals surface area contributed by atoms with Gasteiger partial charge in [0, 0.05) is 12.6 Å². The second-order valence-electron chi connectivity index (χ2n) is 3.31. The Morgan fingerprint density at radius 2 is 2.35 bits per heavy atom. The molecule has 0 fully saturated rings. The van der Waals surface area contributed by atoms with Gasteiger partial charge < -0.3 is 5.32 Å². The van der Waals surface area contributed by atoms with Gasteiger partial charge in [-0.15, -0.1) is 5.10 Å². The maximum atomic E-state index is 11.6. The predicted molar refractivity (Wildman–Crippen MR) is 62.5 cm³/mol. The van der Waals surface area contributed by atoms with Crippen molar-refractivity contribution in [1.29, 1.82) is 0 Å². The lowest BCUT2D eigenvalue weighted by atomic mass is 10.4. The van der Waals surface area contributed by atoms with Crippen LogP contribution in [0.15, 0.2) is 30.6 Å². The summed E-state index contributed by atoms with van der Waals surface area (Å²) < 4.78 is 1.59. The third kappa shape index (κ3) is 3.53. The number of aromatic nitrogens is 4. The van der Waals surface area contributed by atoms with Crippen molar-refractivity contribution in [1.82, 2.24) is 20.0 Å². The lowest BCUT2D eigenvalue weighted by molar-refractivity contribution is -0.116. The van der Waals surface area contributed by atoms with Crippen LogP contribution < -0.4 is 5.32 Å². The predicted octanol–water partition coefficient (Wildman–Crippen LogP) is 1.36. The Bertz CT molecular complexity index is 499. The fourth-order valence-electron chi connectivity index (χ4n) is 1.25. The fraction of sp³-hybridized carbons (Fsp3) is 0.200. The van der Waals surface area contributed by atoms with Crippen LogP contribution in [0.1, 0.15) is 6.42 Å². The largest absolute Gasteiger partial charge is 0.311 e. The van der Waals surface area contributed by atoms with Gasteiger partial charge in [-0.3, -0.25) is 9.48 Å². The van der Waals surface area contributed by atoms with E-state index in [1.807, 2.05) is 0 Å². The zero-order chi connectivity index (χ0) is 12.1. The van der Waals surface area contributed by atoms with Crippen LogP contribution in [0.4, 0.5) is 5.82 Å². The van der Waals surface area contributed by atoms with Gasteiger partial charge in [-0.2, -0.15) is 0 Å². The Morgan fingerprint density at radius 3 is 3.06 bits per heavy atom. The number of pyridine rings is 1. The van der Waals surface area contributed by atoms with Gasteiger partial charge in [-0.05, 0) is 12.1 Å². The summed E-state index contributed by atoms with van der Waals surface area (Å²) in [6.45, 7) is 0.479. The molecule has 0 atom stereocenters. The second kappa shape index (κ2) is 5.40. The lowest BCUT2D eigenvalue weighted by Gasteiger charge is -2.04. The number of aryl methyl sites for hydroxylation is 1. The third-order valence-corrected chi connectivity index (χ3v) is 2.23. The van der Waals surface area contributed by atoms with Crippen molar-refractivity contribution in [2.24, 2.45) is 0 Å². The smallest absolute Gasteiger partial charge is 0.227 e. The molecule has 0 bridgehead atoms. The number of nitrogens with zero attached hydrogens (tertiary/aromatic N) is 4. The van der Waals surface area contributed by atoms with E-state index in [0.717, 1.165) is 0 Å². The minimum Gasteiger partial charge on any atom is -0.311 e. The molecule has 88 valence electrons. The van der Waals surface area contributed by atoms with Crippen LogP contribution in [0.3, 0.4) is 0 Å². The number of carbonyl (C=O) groups excluding carboxylic acids is 1. The highest BCUT2D eigenvalue weighted by molar-refractivity contribution is 6.29. The molecule has 0 saturated carbocycles. The van der Waals surface area contributed by atoms with Crippen molar-refractivity contribution in [3.05, 3.63) is 35.7 Å². The maximum Gasteiger partial charge on any atom is 0.227 e. The van der Waals surface area contributed by atoms with E-state index in [-0.39, 0.29) is 5.91 Å². The van der Waals surface area contributed by atoms with Crippen LogP contribution in [0.2, 0.25) is 5.15 Å². The molecule has 0 aliphatic heterocycles. The Hall–Kier alpha value is -1.95. The summed E-state index contributed by atoms with van der Waals surface area (Å²) in [7, 11) is 0. The molecule has 6 nitrogen and oxygen atoms in total. The van der Waals surface area contributed by atoms with Gasteiger partial charge in [-0.1, -0.05) is 22.9 Å². The van der Waals surface area contributed by atoms with Crippen molar-refractivity contribution in [2.75, 3.05) is 5.32 Å². The molecule has 7 heteroatoms. The number of nitrogens with one attached hydrogen (secondary N) is 1. The van der Waals surface area contributed by atoms with E-state index in [1.54, 1.807) is 35.3 Å². The van der Waals surface area contributed by atoms with Crippen LogP contribution in [0.25, 0.3) is 0 Å². The zero-order valence-electron chi connectivity index (χ0n) is 8.88. The average Bonchev–Trinajstić information content (AvgIpc) is 2.79. The topological polar surface area (TPSA) is 72.7 Å². The highest BCUT2D eigenvalue weighted by Crippen LogP contribution is 2.09. The van der Waals surface area contributed by atoms with E-state index in [4.69, 9.17) is 11.6 Å². The quantitative estimate of drug-likeness (QED) is 0.833. The molecule has 0 spiro atoms. The molecule has 17 heavy (non-hydrogen) atoms. The summed E-state index contributed by atoms with van der Waals surface area (Å²) in [5, 5.41) is 10.4. The Morgan fingerprint density at radius 1 is 1.47 bits per heavy atom. The second-order valence-corrected chi connectivity index (χ2v) is 3.70. The number of hydrogen-bond donors (Lipinski definition) is 1. The Kier molecular flexibility index (Phi) is 3.66. The molecule has 0 radical (unpaired) electrons. The molecule has 2 rings (SSSR count). The van der Waals surface area contributed by atoms with Gasteiger partial charge in [0.15, 0.2) is 0 Å². The normalized spacial score (nSPS) is 10.2. The first kappa shape index (κ1) is 11.5. The number of anilines is 1. The van der Waals surface area contributed by atoms with E-state index >= 15 is 0 Å². The third-order valence-electron chi connectivity index (χ3n) is 2.02. The van der Waals surface area contributed by atoms with E-state index in [0.29, 0.717) is 23.9 Å². The van der Waals surface area contributed by atoms with E-state index in [9.17, 15) is 4.79 Å². The maximum absolute atomic E-state index is 11.6. The molecule has 1 amide bonds. The monoisotopic (exact) mass is 251 g/mol. The summed E-state index contributed by atoms with van der Waals surface area (Å²) in [5.41, 5.74) is 0. The highest BCUT2D eigenvalue weighted by Gasteiger charge is 2.04. The molecular formula is C10H10ClN5O. The molecule has 0 saturated heterocycles. The van der Waals surface area contributed by atoms with Crippen LogP contribution in [0, 0.1) is 0 Å². The molecule has 0 unspecified atom stereocenters. The van der Waals surface area contributed by atoms with Crippen molar-refractivity contribution >= 4 is 23.3 Å². The van der Waals surface area contributed by atoms with Crippen molar-refractivity contribution in [3.8, 4) is 0 Å². The zero-order valence-corrected chi connectivity index (χ0v) is 9.63. The SMILES string of the molecule is O=C(CCn1ccnn1)Nc1cccc(Cl)n1. The number of halogens is 1. The first-order valence-corrected chi connectivity index (χ1v) is 5.38. The van der Waals surface area contributed by atoms with Crippen LogP contribution in [-0.2, 0) is 11.3 Å². The van der Waals surface area contributed by atoms with Crippen molar-refractivity contribution < 1.29 is 4.79 Å². The van der Waals surface area contributed by atoms with Gasteiger partial charge in [-0.25, -0.2) is 4.98 Å². The van der Waals surface area contributed by atoms with E-state index in [1.165, 1.54) is 0 Å². The molecule has 0 aromatic carbocycles. The number of carbonyl (C=O) groups is 1. The summed E-state index contributed by atoms with van der Waals surface area (Å²) in [5.74, 6) is 0.302. The van der Waals surface area contributed by atoms with E-state index < -0.39 is 0 Å². The summed E-state index contributed by atoms with van der Waals surface area (Å²) >= 11 is 5.70. The summed E-state index contributed by atoms with van der Waals surface area (Å²) in [6, 6.07) is 5.05. The van der Waals surface area contributed by atoms with Crippen LogP contribution in [-0.4, -0.2) is 25.9 Å². The molecule has 1 N–H and O–H groups in total. The first-order chi connectivity index (χ1) is 8.24. The minimum absolute atomic E-state index is 0.143. The average molecular weight is 252 g/mol. The number of rotatable bonds is 4. The van der Waals surface area contributed by atoms with Gasteiger partial charge in [0.1, 0.15) is 11.0 Å². The van der Waals surface area contributed by atoms with Gasteiger partial charge in [0.05, 0.1) is 12.7 Å². The lowest BCUT2D eigenvalue weighted by Crippen LogP contribution is -2.15. The van der Waals surface area contributed by atoms with Gasteiger partial charge in [0.25, 0.3) is 0 Å². The number of hydrogen-bond acceptors (Lipinski definition) is 4. The Labute approximate surface area is 103 Å². The highest BCUT2D eigenvalue weighted by atomic mass is 35.5. The standard InChI is InChI=1S/C10H10ClN5O/c11-8-2-1-3-9(13-8)14-10(17)4-6-16-7-5-12-15-16/h1-3,5,7H,4,6H2,(H,13,14,17). The van der Waals surface area contributed by atoms with Crippen LogP contribution >= 0.6 is 11.6 Å². The van der Waals surface area contributed by atoms with Gasteiger partial charge in [0.2, 0.25) is 5.91 Å². The molecular weight excluding hydrogens is 242 g/mol. The fourth-order valence-corrected chi connectivity index (χ4v) is 1.42. The van der Waals surface area contributed by atoms with Crippen molar-refractivity contribution in [2.45, 2.75) is 13.0 Å². The first-order valence-electron chi connectivity index (χ1n) is 5.00. The number of amides is 1. The summed E-state index contributed by atoms with van der Waals surface area (Å²) in [6.07, 6.45) is 3.57. The molecule has 0 aliphatic carbocycles. The molecule has 2 aromatic rings. The van der Waals surface area contributed by atoms with Crippen LogP contribution in [0.5, 0.6) is 0 Å². The minimum atomic E-state index is -0.143. The molecule has 2 heterocycles. The Balaban J connectivity index is 1.85. The van der Waals surface area contributed by atoms with Crippen molar-refractivity contribution in [3.63, 3.8) is 0 Å². The van der Waals surface area contributed by atoms with Gasteiger partial charge >= 0.3 is 0 Å². The molecule has 2 aromatic heterocycles.